The Bertz CT molecular complexity index is 260. The van der Waals surface area contributed by atoms with Crippen LogP contribution in [0.2, 0.25) is 0 Å². The minimum Gasteiger partial charge on any atom is -0.363 e. The van der Waals surface area contributed by atoms with Gasteiger partial charge in [-0.05, 0) is 35.5 Å². The van der Waals surface area contributed by atoms with Gasteiger partial charge in [0.05, 0.1) is 0 Å². The van der Waals surface area contributed by atoms with Crippen molar-refractivity contribution in [2.75, 3.05) is 13.1 Å². The summed E-state index contributed by atoms with van der Waals surface area (Å²) in [5.41, 5.74) is 1.21. The Morgan fingerprint density at radius 1 is 1.57 bits per heavy atom. The third kappa shape index (κ3) is 4.26. The minimum absolute atomic E-state index is 0.497. The molecule has 3 N–H and O–H groups in total. The Hall–Kier alpha value is -0.320. The summed E-state index contributed by atoms with van der Waals surface area (Å²) in [6.45, 7) is 7.23. The zero-order chi connectivity index (χ0) is 10.4. The summed E-state index contributed by atoms with van der Waals surface area (Å²) >= 11 is 3.41. The lowest BCUT2D eigenvalue weighted by atomic mass is 10.3. The summed E-state index contributed by atoms with van der Waals surface area (Å²) < 4.78 is 1.11. The van der Waals surface area contributed by atoms with E-state index in [4.69, 9.17) is 0 Å². The van der Waals surface area contributed by atoms with Gasteiger partial charge in [0.1, 0.15) is 0 Å². The van der Waals surface area contributed by atoms with Gasteiger partial charge >= 0.3 is 0 Å². The van der Waals surface area contributed by atoms with E-state index in [0.717, 1.165) is 24.1 Å². The van der Waals surface area contributed by atoms with Crippen LogP contribution in [0.25, 0.3) is 0 Å². The van der Waals surface area contributed by atoms with E-state index >= 15 is 0 Å². The molecule has 0 amide bonds. The molecule has 0 fully saturated rings. The molecule has 0 aliphatic heterocycles. The van der Waals surface area contributed by atoms with Gasteiger partial charge in [0, 0.05) is 35.5 Å². The number of rotatable bonds is 6. The van der Waals surface area contributed by atoms with Gasteiger partial charge in [-0.3, -0.25) is 0 Å². The third-order valence-electron chi connectivity index (χ3n) is 2.05. The van der Waals surface area contributed by atoms with Crippen molar-refractivity contribution in [3.8, 4) is 0 Å². The van der Waals surface area contributed by atoms with Gasteiger partial charge in [0.25, 0.3) is 0 Å². The first-order valence-corrected chi connectivity index (χ1v) is 5.78. The monoisotopic (exact) mass is 259 g/mol. The zero-order valence-corrected chi connectivity index (χ0v) is 10.3. The van der Waals surface area contributed by atoms with E-state index < -0.39 is 0 Å². The van der Waals surface area contributed by atoms with Crippen LogP contribution in [-0.4, -0.2) is 24.1 Å². The van der Waals surface area contributed by atoms with Gasteiger partial charge in [-0.1, -0.05) is 6.92 Å². The van der Waals surface area contributed by atoms with Crippen molar-refractivity contribution in [1.82, 2.24) is 15.6 Å². The van der Waals surface area contributed by atoms with Crippen molar-refractivity contribution in [3.63, 3.8) is 0 Å². The summed E-state index contributed by atoms with van der Waals surface area (Å²) in [7, 11) is 0. The van der Waals surface area contributed by atoms with E-state index in [2.05, 4.69) is 51.5 Å². The molecule has 1 aromatic heterocycles. The largest absolute Gasteiger partial charge is 0.363 e. The molecule has 80 valence electrons. The summed E-state index contributed by atoms with van der Waals surface area (Å²) in [6.07, 6.45) is 1.95. The fraction of sp³-hybridized carbons (Fsp3) is 0.600. The Balaban J connectivity index is 2.20. The van der Waals surface area contributed by atoms with Crippen LogP contribution in [-0.2, 0) is 6.54 Å². The van der Waals surface area contributed by atoms with E-state index in [-0.39, 0.29) is 0 Å². The predicted octanol–water partition coefficient (Wildman–Crippen LogP) is 1.86. The van der Waals surface area contributed by atoms with Gasteiger partial charge < -0.3 is 15.6 Å². The van der Waals surface area contributed by atoms with E-state index in [9.17, 15) is 0 Å². The van der Waals surface area contributed by atoms with Crippen LogP contribution in [0.15, 0.2) is 16.7 Å². The molecule has 4 heteroatoms. The van der Waals surface area contributed by atoms with Crippen LogP contribution >= 0.6 is 15.9 Å². The molecule has 3 nitrogen and oxygen atoms in total. The SMILES string of the molecule is CCNCC(C)NCc1cc(Br)c[nH]1. The van der Waals surface area contributed by atoms with E-state index in [1.807, 2.05) is 6.20 Å². The molecule has 0 bridgehead atoms. The maximum absolute atomic E-state index is 3.43. The Morgan fingerprint density at radius 3 is 2.93 bits per heavy atom. The van der Waals surface area contributed by atoms with Gasteiger partial charge in [-0.25, -0.2) is 0 Å². The van der Waals surface area contributed by atoms with Gasteiger partial charge in [-0.2, -0.15) is 0 Å². The molecule has 0 aliphatic rings. The smallest absolute Gasteiger partial charge is 0.0360 e. The highest BCUT2D eigenvalue weighted by molar-refractivity contribution is 9.10. The lowest BCUT2D eigenvalue weighted by Gasteiger charge is -2.13. The predicted molar refractivity (Wildman–Crippen MR) is 63.3 cm³/mol. The average Bonchev–Trinajstić information content (AvgIpc) is 2.58. The van der Waals surface area contributed by atoms with Crippen molar-refractivity contribution in [2.45, 2.75) is 26.4 Å². The molecule has 0 saturated carbocycles. The molecular formula is C10H18BrN3. The fourth-order valence-electron chi connectivity index (χ4n) is 1.23. The average molecular weight is 260 g/mol. The topological polar surface area (TPSA) is 39.8 Å². The summed E-state index contributed by atoms with van der Waals surface area (Å²) in [6, 6.07) is 2.59. The lowest BCUT2D eigenvalue weighted by Crippen LogP contribution is -2.35. The van der Waals surface area contributed by atoms with Crippen molar-refractivity contribution < 1.29 is 0 Å². The Morgan fingerprint density at radius 2 is 2.36 bits per heavy atom. The van der Waals surface area contributed by atoms with E-state index in [1.54, 1.807) is 0 Å². The normalized spacial score (nSPS) is 13.1. The Labute approximate surface area is 93.8 Å². The number of likely N-dealkylation sites (N-methyl/N-ethyl adjacent to an activating group) is 1. The Kier molecular flexibility index (Phi) is 5.22. The molecule has 1 aromatic rings. The van der Waals surface area contributed by atoms with Crippen molar-refractivity contribution in [1.29, 1.82) is 0 Å². The third-order valence-corrected chi connectivity index (χ3v) is 2.51. The van der Waals surface area contributed by atoms with E-state index in [0.29, 0.717) is 6.04 Å². The highest BCUT2D eigenvalue weighted by Gasteiger charge is 2.01. The lowest BCUT2D eigenvalue weighted by molar-refractivity contribution is 0.506. The minimum atomic E-state index is 0.497. The van der Waals surface area contributed by atoms with E-state index in [1.165, 1.54) is 5.69 Å². The molecule has 0 aromatic carbocycles. The highest BCUT2D eigenvalue weighted by Crippen LogP contribution is 2.10. The van der Waals surface area contributed by atoms with Gasteiger partial charge in [0.2, 0.25) is 0 Å². The molecular weight excluding hydrogens is 242 g/mol. The first-order chi connectivity index (χ1) is 6.72. The summed E-state index contributed by atoms with van der Waals surface area (Å²) in [4.78, 5) is 3.19. The molecule has 1 atom stereocenters. The number of aromatic amines is 1. The first kappa shape index (κ1) is 11.8. The molecule has 0 spiro atoms. The maximum atomic E-state index is 3.43. The number of H-pyrrole nitrogens is 1. The highest BCUT2D eigenvalue weighted by atomic mass is 79.9. The maximum Gasteiger partial charge on any atom is 0.0360 e. The molecule has 0 aliphatic carbocycles. The van der Waals surface area contributed by atoms with Crippen molar-refractivity contribution in [3.05, 3.63) is 22.4 Å². The van der Waals surface area contributed by atoms with Crippen LogP contribution in [0.4, 0.5) is 0 Å². The van der Waals surface area contributed by atoms with Crippen LogP contribution in [0.3, 0.4) is 0 Å². The molecule has 1 unspecified atom stereocenters. The second kappa shape index (κ2) is 6.22. The zero-order valence-electron chi connectivity index (χ0n) is 8.73. The molecule has 0 saturated heterocycles. The van der Waals surface area contributed by atoms with Crippen LogP contribution in [0, 0.1) is 0 Å². The first-order valence-electron chi connectivity index (χ1n) is 4.99. The number of aromatic nitrogens is 1. The number of halogens is 1. The molecule has 1 heterocycles. The second-order valence-corrected chi connectivity index (χ2v) is 4.35. The fourth-order valence-corrected chi connectivity index (χ4v) is 1.62. The molecule has 14 heavy (non-hydrogen) atoms. The van der Waals surface area contributed by atoms with Crippen LogP contribution in [0.5, 0.6) is 0 Å². The van der Waals surface area contributed by atoms with Crippen molar-refractivity contribution >= 4 is 15.9 Å². The van der Waals surface area contributed by atoms with Crippen molar-refractivity contribution in [2.24, 2.45) is 0 Å². The van der Waals surface area contributed by atoms with Crippen LogP contribution in [0.1, 0.15) is 19.5 Å². The number of hydrogen-bond donors (Lipinski definition) is 3. The standard InChI is InChI=1S/C10H18BrN3/c1-3-12-5-8(2)13-7-10-4-9(11)6-14-10/h4,6,8,12-14H,3,5,7H2,1-2H3. The number of hydrogen-bond acceptors (Lipinski definition) is 2. The quantitative estimate of drug-likeness (QED) is 0.730. The van der Waals surface area contributed by atoms with Crippen LogP contribution < -0.4 is 10.6 Å². The van der Waals surface area contributed by atoms with Gasteiger partial charge in [0.15, 0.2) is 0 Å². The number of nitrogens with one attached hydrogen (secondary N) is 3. The second-order valence-electron chi connectivity index (χ2n) is 3.43. The van der Waals surface area contributed by atoms with Gasteiger partial charge in [-0.15, -0.1) is 0 Å². The molecule has 1 rings (SSSR count). The molecule has 0 radical (unpaired) electrons. The summed E-state index contributed by atoms with van der Waals surface area (Å²) in [5.74, 6) is 0. The summed E-state index contributed by atoms with van der Waals surface area (Å²) in [5, 5.41) is 6.74.